The molecule has 0 aromatic carbocycles. The van der Waals surface area contributed by atoms with Gasteiger partial charge in [-0.05, 0) is 26.3 Å². The molecule has 0 aliphatic carbocycles. The topological polar surface area (TPSA) is 71.1 Å². The van der Waals surface area contributed by atoms with Crippen LogP contribution in [0.5, 0.6) is 0 Å². The Hall–Kier alpha value is -1.99. The van der Waals surface area contributed by atoms with Crippen molar-refractivity contribution in [3.8, 4) is 11.4 Å². The van der Waals surface area contributed by atoms with E-state index in [1.54, 1.807) is 6.07 Å². The molecule has 6 nitrogen and oxygen atoms in total. The van der Waals surface area contributed by atoms with Crippen LogP contribution in [0.4, 0.5) is 10.2 Å². The van der Waals surface area contributed by atoms with Crippen LogP contribution in [-0.2, 0) is 4.74 Å². The van der Waals surface area contributed by atoms with Crippen molar-refractivity contribution >= 4 is 17.4 Å². The lowest BCUT2D eigenvalue weighted by Crippen LogP contribution is -2.39. The maximum atomic E-state index is 13.4. The molecule has 0 bridgehead atoms. The van der Waals surface area contributed by atoms with Crippen molar-refractivity contribution in [2.75, 3.05) is 24.6 Å². The van der Waals surface area contributed by atoms with Gasteiger partial charge in [-0.1, -0.05) is 11.6 Å². The van der Waals surface area contributed by atoms with Gasteiger partial charge in [-0.2, -0.15) is 4.39 Å². The minimum Gasteiger partial charge on any atom is -0.374 e. The van der Waals surface area contributed by atoms with Gasteiger partial charge < -0.3 is 14.6 Å². The quantitative estimate of drug-likeness (QED) is 0.841. The Morgan fingerprint density at radius 1 is 1.46 bits per heavy atom. The number of rotatable bonds is 2. The molecule has 0 radical (unpaired) electrons. The summed E-state index contributed by atoms with van der Waals surface area (Å²) in [5.74, 6) is -0.00848. The summed E-state index contributed by atoms with van der Waals surface area (Å²) in [7, 11) is 0. The van der Waals surface area contributed by atoms with Gasteiger partial charge in [0.2, 0.25) is 5.95 Å². The van der Waals surface area contributed by atoms with Crippen LogP contribution in [-0.4, -0.2) is 40.2 Å². The number of hydrogen-bond acceptors (Lipinski definition) is 5. The lowest BCUT2D eigenvalue weighted by molar-refractivity contribution is -0.00149. The van der Waals surface area contributed by atoms with Gasteiger partial charge in [-0.15, -0.1) is 0 Å². The van der Waals surface area contributed by atoms with Crippen molar-refractivity contribution in [1.29, 1.82) is 0 Å². The summed E-state index contributed by atoms with van der Waals surface area (Å²) in [6.45, 7) is 5.81. The fourth-order valence-electron chi connectivity index (χ4n) is 2.71. The molecule has 0 spiro atoms. The number of anilines is 1. The van der Waals surface area contributed by atoms with E-state index in [2.05, 4.69) is 15.0 Å². The molecule has 8 heteroatoms. The lowest BCUT2D eigenvalue weighted by Gasteiger charge is -2.30. The average molecular weight is 353 g/mol. The smallest absolute Gasteiger partial charge is 0.272 e. The maximum Gasteiger partial charge on any atom is 0.272 e. The minimum absolute atomic E-state index is 0.0194. The SMILES string of the molecule is CC1(C)CN(c2nc(-c3ccnc(F)c3)[nH]c(=O)c2Cl)CCCO1. The second kappa shape index (κ2) is 6.49. The second-order valence-electron chi connectivity index (χ2n) is 6.30. The van der Waals surface area contributed by atoms with Crippen molar-refractivity contribution in [3.05, 3.63) is 39.7 Å². The number of aromatic nitrogens is 3. The Balaban J connectivity index is 2.06. The van der Waals surface area contributed by atoms with Gasteiger partial charge in [0.25, 0.3) is 5.56 Å². The maximum absolute atomic E-state index is 13.4. The van der Waals surface area contributed by atoms with Crippen molar-refractivity contribution in [1.82, 2.24) is 15.0 Å². The van der Waals surface area contributed by atoms with E-state index in [1.807, 2.05) is 18.7 Å². The fourth-order valence-corrected chi connectivity index (χ4v) is 2.92. The molecule has 3 heterocycles. The zero-order chi connectivity index (χ0) is 17.3. The number of hydrogen-bond donors (Lipinski definition) is 1. The minimum atomic E-state index is -0.643. The molecule has 2 aromatic rings. The van der Waals surface area contributed by atoms with Gasteiger partial charge in [-0.25, -0.2) is 9.97 Å². The zero-order valence-electron chi connectivity index (χ0n) is 13.5. The molecular weight excluding hydrogens is 335 g/mol. The van der Waals surface area contributed by atoms with E-state index < -0.39 is 11.5 Å². The number of pyridine rings is 1. The summed E-state index contributed by atoms with van der Waals surface area (Å²) in [4.78, 5) is 24.7. The van der Waals surface area contributed by atoms with Gasteiger partial charge >= 0.3 is 0 Å². The highest BCUT2D eigenvalue weighted by atomic mass is 35.5. The monoisotopic (exact) mass is 352 g/mol. The number of nitrogens with zero attached hydrogens (tertiary/aromatic N) is 3. The van der Waals surface area contributed by atoms with E-state index in [4.69, 9.17) is 16.3 Å². The molecule has 0 unspecified atom stereocenters. The molecule has 1 fully saturated rings. The van der Waals surface area contributed by atoms with E-state index in [-0.39, 0.29) is 16.4 Å². The third-order valence-electron chi connectivity index (χ3n) is 3.78. The Bertz CT molecular complexity index is 809. The summed E-state index contributed by atoms with van der Waals surface area (Å²) in [6, 6.07) is 2.79. The summed E-state index contributed by atoms with van der Waals surface area (Å²) in [6.07, 6.45) is 2.12. The van der Waals surface area contributed by atoms with Crippen LogP contribution in [0.1, 0.15) is 20.3 Å². The average Bonchev–Trinajstić information content (AvgIpc) is 2.70. The first-order chi connectivity index (χ1) is 11.4. The predicted octanol–water partition coefficient (Wildman–Crippen LogP) is 2.63. The molecule has 1 aliphatic rings. The van der Waals surface area contributed by atoms with Crippen LogP contribution in [0.15, 0.2) is 23.1 Å². The highest BCUT2D eigenvalue weighted by molar-refractivity contribution is 6.32. The van der Waals surface area contributed by atoms with Gasteiger partial charge in [0.15, 0.2) is 5.82 Å². The van der Waals surface area contributed by atoms with Crippen molar-refractivity contribution < 1.29 is 9.13 Å². The first-order valence-corrected chi connectivity index (χ1v) is 8.04. The zero-order valence-corrected chi connectivity index (χ0v) is 14.2. The Kier molecular flexibility index (Phi) is 4.56. The van der Waals surface area contributed by atoms with E-state index in [9.17, 15) is 9.18 Å². The number of halogens is 2. The molecular formula is C16H18ClFN4O2. The van der Waals surface area contributed by atoms with Crippen molar-refractivity contribution in [2.45, 2.75) is 25.9 Å². The highest BCUT2D eigenvalue weighted by Gasteiger charge is 2.28. The molecule has 1 saturated heterocycles. The second-order valence-corrected chi connectivity index (χ2v) is 6.68. The predicted molar refractivity (Wildman–Crippen MR) is 89.9 cm³/mol. The van der Waals surface area contributed by atoms with Crippen LogP contribution in [0.3, 0.4) is 0 Å². The first-order valence-electron chi connectivity index (χ1n) is 7.66. The number of ether oxygens (including phenoxy) is 1. The van der Waals surface area contributed by atoms with E-state index in [0.29, 0.717) is 31.1 Å². The largest absolute Gasteiger partial charge is 0.374 e. The molecule has 3 rings (SSSR count). The van der Waals surface area contributed by atoms with Crippen molar-refractivity contribution in [3.63, 3.8) is 0 Å². The molecule has 0 amide bonds. The molecule has 128 valence electrons. The molecule has 1 aliphatic heterocycles. The number of H-pyrrole nitrogens is 1. The summed E-state index contributed by atoms with van der Waals surface area (Å²) in [5.41, 5.74) is -0.410. The molecule has 0 atom stereocenters. The van der Waals surface area contributed by atoms with Gasteiger partial charge in [0.05, 0.1) is 5.60 Å². The van der Waals surface area contributed by atoms with E-state index in [1.165, 1.54) is 12.3 Å². The normalized spacial score (nSPS) is 17.6. The van der Waals surface area contributed by atoms with Crippen LogP contribution in [0, 0.1) is 5.95 Å². The van der Waals surface area contributed by atoms with Crippen LogP contribution in [0.2, 0.25) is 5.02 Å². The van der Waals surface area contributed by atoms with Gasteiger partial charge in [-0.3, -0.25) is 4.79 Å². The van der Waals surface area contributed by atoms with Crippen molar-refractivity contribution in [2.24, 2.45) is 0 Å². The highest BCUT2D eigenvalue weighted by Crippen LogP contribution is 2.27. The third-order valence-corrected chi connectivity index (χ3v) is 4.12. The number of aromatic amines is 1. The third kappa shape index (κ3) is 3.57. The van der Waals surface area contributed by atoms with Crippen LogP contribution < -0.4 is 10.5 Å². The Morgan fingerprint density at radius 2 is 2.25 bits per heavy atom. The summed E-state index contributed by atoms with van der Waals surface area (Å²) in [5, 5.41) is 0.0194. The van der Waals surface area contributed by atoms with E-state index in [0.717, 1.165) is 6.42 Å². The Labute approximate surface area is 143 Å². The molecule has 24 heavy (non-hydrogen) atoms. The summed E-state index contributed by atoms with van der Waals surface area (Å²) >= 11 is 6.19. The summed E-state index contributed by atoms with van der Waals surface area (Å²) < 4.78 is 19.1. The molecule has 0 saturated carbocycles. The standard InChI is InChI=1S/C16H18ClFN4O2/c1-16(2)9-22(6-3-7-24-16)14-12(17)15(23)21-13(20-14)10-4-5-19-11(18)8-10/h4-5,8H,3,6-7,9H2,1-2H3,(H,20,21,23). The van der Waals surface area contributed by atoms with Crippen LogP contribution in [0.25, 0.3) is 11.4 Å². The first kappa shape index (κ1) is 16.9. The molecule has 1 N–H and O–H groups in total. The fraction of sp³-hybridized carbons (Fsp3) is 0.438. The number of nitrogens with one attached hydrogen (secondary N) is 1. The van der Waals surface area contributed by atoms with E-state index >= 15 is 0 Å². The Morgan fingerprint density at radius 3 is 3.00 bits per heavy atom. The van der Waals surface area contributed by atoms with Crippen LogP contribution >= 0.6 is 11.6 Å². The van der Waals surface area contributed by atoms with Gasteiger partial charge in [0, 0.05) is 37.5 Å². The van der Waals surface area contributed by atoms with Gasteiger partial charge in [0.1, 0.15) is 10.8 Å². The molecule has 2 aromatic heterocycles. The lowest BCUT2D eigenvalue weighted by atomic mass is 10.1.